The van der Waals surface area contributed by atoms with E-state index in [4.69, 9.17) is 0 Å². The number of ketones is 1. The van der Waals surface area contributed by atoms with E-state index < -0.39 is 0 Å². The van der Waals surface area contributed by atoms with Gasteiger partial charge in [0.2, 0.25) is 0 Å². The molecule has 1 aliphatic rings. The smallest absolute Gasteiger partial charge is 0.133 e. The van der Waals surface area contributed by atoms with Gasteiger partial charge in [0.15, 0.2) is 0 Å². The largest absolute Gasteiger partial charge is 0.300 e. The van der Waals surface area contributed by atoms with Crippen molar-refractivity contribution in [2.75, 3.05) is 26.2 Å². The minimum atomic E-state index is 0.293. The van der Waals surface area contributed by atoms with Gasteiger partial charge in [0, 0.05) is 34.7 Å². The number of nitrogens with one attached hydrogen (secondary N) is 1. The van der Waals surface area contributed by atoms with E-state index in [1.165, 1.54) is 41.5 Å². The number of hydrogen-bond donors (Lipinski definition) is 1. The van der Waals surface area contributed by atoms with Gasteiger partial charge < -0.3 is 0 Å². The van der Waals surface area contributed by atoms with Crippen molar-refractivity contribution < 1.29 is 4.79 Å². The Morgan fingerprint density at radius 2 is 1.81 bits per heavy atom. The summed E-state index contributed by atoms with van der Waals surface area (Å²) in [5.41, 5.74) is 3.80. The summed E-state index contributed by atoms with van der Waals surface area (Å²) in [4.78, 5) is 16.2. The molecule has 0 aliphatic carbocycles. The fourth-order valence-corrected chi connectivity index (χ4v) is 4.45. The van der Waals surface area contributed by atoms with Gasteiger partial charge in [0.25, 0.3) is 0 Å². The van der Waals surface area contributed by atoms with Crippen LogP contribution in [0.4, 0.5) is 0 Å². The Hall–Kier alpha value is -1.50. The van der Waals surface area contributed by atoms with Crippen molar-refractivity contribution in [3.8, 4) is 0 Å². The van der Waals surface area contributed by atoms with Crippen LogP contribution in [0.5, 0.6) is 0 Å². The number of benzene rings is 1. The highest BCUT2D eigenvalue weighted by molar-refractivity contribution is 9.10. The zero-order chi connectivity index (χ0) is 22.6. The number of halogens is 1. The van der Waals surface area contributed by atoms with Crippen LogP contribution in [0.3, 0.4) is 0 Å². The van der Waals surface area contributed by atoms with Gasteiger partial charge in [-0.3, -0.25) is 19.7 Å². The number of Topliss-reactive ketones (excluding diaryl/α,β-unsaturated/α-hetero) is 1. The first-order chi connectivity index (χ1) is 14.9. The number of rotatable bonds is 9. The van der Waals surface area contributed by atoms with E-state index >= 15 is 0 Å². The standard InChI is InChI=1S/C13H20BrN.C12H19N3O/c1-3-9-15(10-4-2)11-12-7-5-6-8-13(12)14;1-9-12(7-13-14-9)8-15-5-3-11(4-6-15)10(2)16/h5-8H,3-4,9-11H2,1-2H3;7,11H,3-6,8H2,1-2H3,(H,13,14). The highest BCUT2D eigenvalue weighted by Crippen LogP contribution is 2.20. The van der Waals surface area contributed by atoms with E-state index in [0.717, 1.165) is 44.7 Å². The van der Waals surface area contributed by atoms with Gasteiger partial charge in [-0.05, 0) is 77.3 Å². The molecule has 1 fully saturated rings. The molecule has 3 rings (SSSR count). The number of piperidine rings is 1. The number of hydrogen-bond acceptors (Lipinski definition) is 4. The molecular formula is C25H39BrN4O. The van der Waals surface area contributed by atoms with Crippen molar-refractivity contribution in [2.45, 2.75) is 66.5 Å². The zero-order valence-electron chi connectivity index (χ0n) is 19.7. The Morgan fingerprint density at radius 3 is 2.32 bits per heavy atom. The SMILES string of the molecule is CC(=O)C1CCN(Cc2cn[nH]c2C)CC1.CCCN(CCC)Cc1ccccc1Br. The van der Waals surface area contributed by atoms with Crippen LogP contribution < -0.4 is 0 Å². The molecule has 6 heteroatoms. The molecule has 0 unspecified atom stereocenters. The van der Waals surface area contributed by atoms with Gasteiger partial charge in [-0.2, -0.15) is 5.10 Å². The van der Waals surface area contributed by atoms with E-state index in [1.807, 2.05) is 13.1 Å². The predicted octanol–water partition coefficient (Wildman–Crippen LogP) is 5.59. The summed E-state index contributed by atoms with van der Waals surface area (Å²) in [6.45, 7) is 14.7. The molecule has 172 valence electrons. The summed E-state index contributed by atoms with van der Waals surface area (Å²) >= 11 is 3.60. The Labute approximate surface area is 196 Å². The molecule has 1 aromatic heterocycles. The summed E-state index contributed by atoms with van der Waals surface area (Å²) in [7, 11) is 0. The molecule has 0 atom stereocenters. The molecule has 0 amide bonds. The number of aryl methyl sites for hydroxylation is 1. The van der Waals surface area contributed by atoms with Crippen LogP contribution in [0, 0.1) is 12.8 Å². The third-order valence-corrected chi connectivity index (χ3v) is 6.70. The van der Waals surface area contributed by atoms with E-state index in [9.17, 15) is 4.79 Å². The second-order valence-corrected chi connectivity index (χ2v) is 9.40. The normalized spacial score (nSPS) is 15.0. The number of carbonyl (C=O) groups excluding carboxylic acids is 1. The number of carbonyl (C=O) groups is 1. The first kappa shape index (κ1) is 25.8. The molecule has 1 aromatic carbocycles. The molecule has 5 nitrogen and oxygen atoms in total. The van der Waals surface area contributed by atoms with Crippen LogP contribution in [-0.2, 0) is 17.9 Å². The van der Waals surface area contributed by atoms with Gasteiger partial charge >= 0.3 is 0 Å². The third-order valence-electron chi connectivity index (χ3n) is 5.92. The lowest BCUT2D eigenvalue weighted by molar-refractivity contribution is -0.122. The highest BCUT2D eigenvalue weighted by atomic mass is 79.9. The molecule has 0 radical (unpaired) electrons. The summed E-state index contributed by atoms with van der Waals surface area (Å²) in [5, 5.41) is 6.98. The first-order valence-corrected chi connectivity index (χ1v) is 12.4. The number of aromatic nitrogens is 2. The van der Waals surface area contributed by atoms with Crippen LogP contribution in [-0.4, -0.2) is 52.0 Å². The molecule has 1 N–H and O–H groups in total. The number of nitrogens with zero attached hydrogens (tertiary/aromatic N) is 3. The van der Waals surface area contributed by atoms with Gasteiger partial charge in [0.05, 0.1) is 6.20 Å². The maximum Gasteiger partial charge on any atom is 0.133 e. The van der Waals surface area contributed by atoms with E-state index in [1.54, 1.807) is 6.92 Å². The number of aromatic amines is 1. The maximum absolute atomic E-state index is 11.2. The average Bonchev–Trinajstić information content (AvgIpc) is 3.15. The van der Waals surface area contributed by atoms with Gasteiger partial charge in [-0.25, -0.2) is 0 Å². The van der Waals surface area contributed by atoms with E-state index in [0.29, 0.717) is 11.7 Å². The zero-order valence-corrected chi connectivity index (χ0v) is 21.2. The van der Waals surface area contributed by atoms with Gasteiger partial charge in [-0.1, -0.05) is 48.0 Å². The second-order valence-electron chi connectivity index (χ2n) is 8.55. The Morgan fingerprint density at radius 1 is 1.16 bits per heavy atom. The van der Waals surface area contributed by atoms with Crippen LogP contribution in [0.2, 0.25) is 0 Å². The van der Waals surface area contributed by atoms with Crippen LogP contribution in [0.1, 0.15) is 63.3 Å². The predicted molar refractivity (Wildman–Crippen MR) is 132 cm³/mol. The molecule has 0 saturated carbocycles. The number of likely N-dealkylation sites (tertiary alicyclic amines) is 1. The quantitative estimate of drug-likeness (QED) is 0.497. The lowest BCUT2D eigenvalue weighted by Gasteiger charge is -2.30. The fourth-order valence-electron chi connectivity index (χ4n) is 4.04. The lowest BCUT2D eigenvalue weighted by atomic mass is 9.93. The Bertz CT molecular complexity index is 777. The minimum Gasteiger partial charge on any atom is -0.300 e. The molecule has 31 heavy (non-hydrogen) atoms. The van der Waals surface area contributed by atoms with Gasteiger partial charge in [-0.15, -0.1) is 0 Å². The fraction of sp³-hybridized carbons (Fsp3) is 0.600. The van der Waals surface area contributed by atoms with Crippen LogP contribution >= 0.6 is 15.9 Å². The topological polar surface area (TPSA) is 52.2 Å². The average molecular weight is 492 g/mol. The van der Waals surface area contributed by atoms with Crippen molar-refractivity contribution in [3.05, 3.63) is 51.8 Å². The van der Waals surface area contributed by atoms with Crippen molar-refractivity contribution in [1.82, 2.24) is 20.0 Å². The summed E-state index contributed by atoms with van der Waals surface area (Å²) in [6.07, 6.45) is 6.36. The summed E-state index contributed by atoms with van der Waals surface area (Å²) in [5.74, 6) is 0.640. The van der Waals surface area contributed by atoms with Crippen molar-refractivity contribution in [2.24, 2.45) is 5.92 Å². The van der Waals surface area contributed by atoms with Crippen molar-refractivity contribution >= 4 is 21.7 Å². The highest BCUT2D eigenvalue weighted by Gasteiger charge is 2.22. The molecule has 0 spiro atoms. The summed E-state index contributed by atoms with van der Waals surface area (Å²) < 4.78 is 1.22. The summed E-state index contributed by atoms with van der Waals surface area (Å²) in [6, 6.07) is 8.49. The molecule has 0 bridgehead atoms. The van der Waals surface area contributed by atoms with E-state index in [-0.39, 0.29) is 0 Å². The van der Waals surface area contributed by atoms with Crippen molar-refractivity contribution in [1.29, 1.82) is 0 Å². The molecule has 1 saturated heterocycles. The number of H-pyrrole nitrogens is 1. The maximum atomic E-state index is 11.2. The van der Waals surface area contributed by atoms with Crippen LogP contribution in [0.15, 0.2) is 34.9 Å². The Balaban J connectivity index is 0.000000221. The first-order valence-electron chi connectivity index (χ1n) is 11.6. The lowest BCUT2D eigenvalue weighted by Crippen LogP contribution is -2.35. The molecule has 2 heterocycles. The third kappa shape index (κ3) is 8.87. The van der Waals surface area contributed by atoms with Crippen LogP contribution in [0.25, 0.3) is 0 Å². The van der Waals surface area contributed by atoms with E-state index in [2.05, 4.69) is 74.0 Å². The molecular weight excluding hydrogens is 452 g/mol. The van der Waals surface area contributed by atoms with Gasteiger partial charge in [0.1, 0.15) is 5.78 Å². The minimum absolute atomic E-state index is 0.293. The molecule has 1 aliphatic heterocycles. The second kappa shape index (κ2) is 13.8. The molecule has 2 aromatic rings. The monoisotopic (exact) mass is 490 g/mol. The Kier molecular flexibility index (Phi) is 11.5. The van der Waals surface area contributed by atoms with Crippen molar-refractivity contribution in [3.63, 3.8) is 0 Å².